The van der Waals surface area contributed by atoms with E-state index < -0.39 is 17.3 Å². The Bertz CT molecular complexity index is 538. The fourth-order valence-electron chi connectivity index (χ4n) is 2.14. The zero-order valence-corrected chi connectivity index (χ0v) is 14.7. The van der Waals surface area contributed by atoms with Crippen LogP contribution in [-0.4, -0.2) is 25.6 Å². The van der Waals surface area contributed by atoms with Crippen LogP contribution in [0.2, 0.25) is 0 Å². The zero-order chi connectivity index (χ0) is 18.5. The van der Waals surface area contributed by atoms with Gasteiger partial charge in [-0.1, -0.05) is 12.8 Å². The molecule has 1 amide bonds. The maximum Gasteiger partial charge on any atom is 0.220 e. The predicted molar refractivity (Wildman–Crippen MR) is 91.2 cm³/mol. The molecule has 0 bridgehead atoms. The topological polar surface area (TPSA) is 86.6 Å². The average molecular weight is 377 g/mol. The Balaban J connectivity index is 2.13. The smallest absolute Gasteiger partial charge is 0.220 e. The Morgan fingerprint density at radius 3 is 2.36 bits per heavy atom. The molecule has 0 atom stereocenters. The van der Waals surface area contributed by atoms with Crippen molar-refractivity contribution in [1.29, 1.82) is 5.53 Å². The minimum Gasteiger partial charge on any atom is -0.493 e. The van der Waals surface area contributed by atoms with Crippen LogP contribution in [0.1, 0.15) is 38.5 Å². The molecule has 3 N–H and O–H groups in total. The number of rotatable bonds is 13. The molecule has 1 rings (SSSR count). The van der Waals surface area contributed by atoms with E-state index in [4.69, 9.17) is 22.0 Å². The van der Waals surface area contributed by atoms with Gasteiger partial charge in [-0.2, -0.15) is 5.11 Å². The second-order valence-electron chi connectivity index (χ2n) is 5.45. The summed E-state index contributed by atoms with van der Waals surface area (Å²) >= 11 is 5.35. The van der Waals surface area contributed by atoms with Gasteiger partial charge < -0.3 is 10.1 Å². The van der Waals surface area contributed by atoms with Gasteiger partial charge in [0.15, 0.2) is 17.3 Å². The molecule has 0 fully saturated rings. The minimum atomic E-state index is -0.954. The van der Waals surface area contributed by atoms with Gasteiger partial charge in [-0.25, -0.2) is 19.1 Å². The first kappa shape index (κ1) is 21.2. The normalized spacial score (nSPS) is 10.5. The number of hydrogen-bond acceptors (Lipinski definition) is 5. The van der Waals surface area contributed by atoms with Crippen LogP contribution >= 0.6 is 11.8 Å². The summed E-state index contributed by atoms with van der Waals surface area (Å²) in [5, 5.41) is 5.59. The third-order valence-corrected chi connectivity index (χ3v) is 3.63. The molecule has 1 aromatic rings. The SMILES string of the molecule is N=Nc1c(F)cc(OCCCC(=O)NCCCCCCNCl)cc1F. The third kappa shape index (κ3) is 8.74. The van der Waals surface area contributed by atoms with Crippen LogP contribution in [-0.2, 0) is 4.79 Å². The molecular formula is C16H23ClF2N4O2. The first-order valence-corrected chi connectivity index (χ1v) is 8.55. The van der Waals surface area contributed by atoms with Gasteiger partial charge in [0.1, 0.15) is 5.75 Å². The van der Waals surface area contributed by atoms with Crippen LogP contribution in [0.5, 0.6) is 5.75 Å². The molecule has 0 unspecified atom stereocenters. The Labute approximate surface area is 150 Å². The van der Waals surface area contributed by atoms with Gasteiger partial charge in [-0.3, -0.25) is 4.79 Å². The van der Waals surface area contributed by atoms with Crippen LogP contribution in [0.4, 0.5) is 14.5 Å². The standard InChI is InChI=1S/C16H23ClF2N4O2/c17-22-8-4-2-1-3-7-21-15(24)6-5-9-25-12-10-13(18)16(23-20)14(19)11-12/h10-11,20,22H,1-9H2,(H,21,24). The molecule has 9 heteroatoms. The van der Waals surface area contributed by atoms with E-state index in [9.17, 15) is 13.6 Å². The largest absolute Gasteiger partial charge is 0.493 e. The van der Waals surface area contributed by atoms with Crippen molar-refractivity contribution in [3.63, 3.8) is 0 Å². The van der Waals surface area contributed by atoms with Crippen molar-refractivity contribution in [3.8, 4) is 5.75 Å². The predicted octanol–water partition coefficient (Wildman–Crippen LogP) is 4.21. The fraction of sp³-hybridized carbons (Fsp3) is 0.562. The highest BCUT2D eigenvalue weighted by Gasteiger charge is 2.11. The van der Waals surface area contributed by atoms with Gasteiger partial charge in [-0.05, 0) is 31.0 Å². The molecule has 140 valence electrons. The Kier molecular flexibility index (Phi) is 10.7. The van der Waals surface area contributed by atoms with Crippen LogP contribution in [0, 0.1) is 17.2 Å². The maximum atomic E-state index is 13.4. The van der Waals surface area contributed by atoms with E-state index in [2.05, 4.69) is 15.3 Å². The molecule has 0 saturated heterocycles. The van der Waals surface area contributed by atoms with E-state index in [1.54, 1.807) is 0 Å². The second-order valence-corrected chi connectivity index (χ2v) is 5.71. The molecular weight excluding hydrogens is 354 g/mol. The highest BCUT2D eigenvalue weighted by molar-refractivity contribution is 6.13. The van der Waals surface area contributed by atoms with E-state index in [-0.39, 0.29) is 24.7 Å². The zero-order valence-electron chi connectivity index (χ0n) is 13.9. The molecule has 0 aliphatic carbocycles. The number of ether oxygens (including phenoxy) is 1. The first-order valence-electron chi connectivity index (χ1n) is 8.18. The monoisotopic (exact) mass is 376 g/mol. The minimum absolute atomic E-state index is 0.00856. The Morgan fingerprint density at radius 1 is 1.12 bits per heavy atom. The molecule has 0 aliphatic heterocycles. The molecule has 0 saturated carbocycles. The number of carbonyl (C=O) groups excluding carboxylic acids is 1. The lowest BCUT2D eigenvalue weighted by molar-refractivity contribution is -0.121. The van der Waals surface area contributed by atoms with Crippen molar-refractivity contribution in [1.82, 2.24) is 10.2 Å². The number of hydrogen-bond donors (Lipinski definition) is 3. The number of unbranched alkanes of at least 4 members (excludes halogenated alkanes) is 3. The van der Waals surface area contributed by atoms with E-state index in [0.717, 1.165) is 44.4 Å². The Hall–Kier alpha value is -1.80. The van der Waals surface area contributed by atoms with Gasteiger partial charge in [0, 0.05) is 31.6 Å². The van der Waals surface area contributed by atoms with Crippen molar-refractivity contribution in [3.05, 3.63) is 23.8 Å². The highest BCUT2D eigenvalue weighted by Crippen LogP contribution is 2.27. The summed E-state index contributed by atoms with van der Waals surface area (Å²) in [6.45, 7) is 1.57. The molecule has 6 nitrogen and oxygen atoms in total. The summed E-state index contributed by atoms with van der Waals surface area (Å²) in [5.74, 6) is -1.98. The van der Waals surface area contributed by atoms with Crippen molar-refractivity contribution in [2.24, 2.45) is 5.11 Å². The summed E-state index contributed by atoms with van der Waals surface area (Å²) in [7, 11) is 0. The van der Waals surface area contributed by atoms with Crippen LogP contribution < -0.4 is 14.9 Å². The number of nitrogens with zero attached hydrogens (tertiary/aromatic N) is 1. The van der Waals surface area contributed by atoms with Crippen LogP contribution in [0.3, 0.4) is 0 Å². The van der Waals surface area contributed by atoms with Crippen LogP contribution in [0.25, 0.3) is 0 Å². The highest BCUT2D eigenvalue weighted by atomic mass is 35.5. The fourth-order valence-corrected chi connectivity index (χ4v) is 2.28. The molecule has 0 radical (unpaired) electrons. The summed E-state index contributed by atoms with van der Waals surface area (Å²) in [6, 6.07) is 1.94. The van der Waals surface area contributed by atoms with Gasteiger partial charge in [-0.15, -0.1) is 0 Å². The average Bonchev–Trinajstić information content (AvgIpc) is 2.58. The molecule has 0 aromatic heterocycles. The summed E-state index contributed by atoms with van der Waals surface area (Å²) < 4.78 is 32.0. The van der Waals surface area contributed by atoms with E-state index in [0.29, 0.717) is 13.0 Å². The number of halogens is 3. The van der Waals surface area contributed by atoms with Crippen molar-refractivity contribution < 1.29 is 18.3 Å². The van der Waals surface area contributed by atoms with E-state index >= 15 is 0 Å². The van der Waals surface area contributed by atoms with Crippen molar-refractivity contribution in [2.45, 2.75) is 38.5 Å². The summed E-state index contributed by atoms with van der Waals surface area (Å²) in [6.07, 6.45) is 4.72. The lowest BCUT2D eigenvalue weighted by atomic mass is 10.2. The lowest BCUT2D eigenvalue weighted by Crippen LogP contribution is -2.24. The second kappa shape index (κ2) is 12.5. The summed E-state index contributed by atoms with van der Waals surface area (Å²) in [4.78, 5) is 14.2. The third-order valence-electron chi connectivity index (χ3n) is 3.44. The van der Waals surface area contributed by atoms with Gasteiger partial charge in [0.05, 0.1) is 6.61 Å². The van der Waals surface area contributed by atoms with Gasteiger partial charge in [0.25, 0.3) is 0 Å². The van der Waals surface area contributed by atoms with E-state index in [1.807, 2.05) is 0 Å². The quantitative estimate of drug-likeness (QED) is 0.274. The van der Waals surface area contributed by atoms with Gasteiger partial charge >= 0.3 is 0 Å². The molecule has 0 heterocycles. The number of benzene rings is 1. The van der Waals surface area contributed by atoms with Crippen LogP contribution in [0.15, 0.2) is 17.2 Å². The molecule has 1 aromatic carbocycles. The first-order chi connectivity index (χ1) is 12.1. The number of carbonyl (C=O) groups is 1. The Morgan fingerprint density at radius 2 is 1.76 bits per heavy atom. The van der Waals surface area contributed by atoms with Gasteiger partial charge in [0.2, 0.25) is 5.91 Å². The van der Waals surface area contributed by atoms with Crippen molar-refractivity contribution >= 4 is 23.4 Å². The molecule has 25 heavy (non-hydrogen) atoms. The molecule has 0 aliphatic rings. The maximum absolute atomic E-state index is 13.4. The number of nitrogens with one attached hydrogen (secondary N) is 3. The molecule has 0 spiro atoms. The van der Waals surface area contributed by atoms with E-state index in [1.165, 1.54) is 0 Å². The number of amides is 1. The summed E-state index contributed by atoms with van der Waals surface area (Å²) in [5.41, 5.74) is 6.03. The lowest BCUT2D eigenvalue weighted by Gasteiger charge is -2.08. The van der Waals surface area contributed by atoms with Crippen molar-refractivity contribution in [2.75, 3.05) is 19.7 Å².